The van der Waals surface area contributed by atoms with Crippen LogP contribution in [0.4, 0.5) is 0 Å². The molecule has 0 heterocycles. The molecule has 1 unspecified atom stereocenters. The van der Waals surface area contributed by atoms with E-state index >= 15 is 0 Å². The summed E-state index contributed by atoms with van der Waals surface area (Å²) in [4.78, 5) is 0. The molecule has 1 heteroatoms. The second-order valence-corrected chi connectivity index (χ2v) is 6.87. The van der Waals surface area contributed by atoms with Crippen molar-refractivity contribution in [1.82, 2.24) is 0 Å². The van der Waals surface area contributed by atoms with E-state index in [-0.39, 0.29) is 11.5 Å². The van der Waals surface area contributed by atoms with Crippen LogP contribution < -0.4 is 0 Å². The predicted octanol–water partition coefficient (Wildman–Crippen LogP) is 4.00. The summed E-state index contributed by atoms with van der Waals surface area (Å²) in [6, 6.07) is 0. The SMILES string of the molecule is CC(C)(C)CCCC(O)CC(C)(C)C. The topological polar surface area (TPSA) is 20.2 Å². The molecule has 86 valence electrons. The number of aliphatic hydroxyl groups excluding tert-OH is 1. The van der Waals surface area contributed by atoms with Crippen LogP contribution in [-0.2, 0) is 0 Å². The van der Waals surface area contributed by atoms with Crippen LogP contribution in [0.5, 0.6) is 0 Å². The molecule has 0 amide bonds. The van der Waals surface area contributed by atoms with E-state index in [9.17, 15) is 5.11 Å². The van der Waals surface area contributed by atoms with Gasteiger partial charge in [0.15, 0.2) is 0 Å². The number of hydrogen-bond donors (Lipinski definition) is 1. The zero-order valence-corrected chi connectivity index (χ0v) is 10.9. The second-order valence-electron chi connectivity index (χ2n) is 6.87. The van der Waals surface area contributed by atoms with E-state index in [2.05, 4.69) is 41.5 Å². The first-order valence-corrected chi connectivity index (χ1v) is 5.78. The van der Waals surface area contributed by atoms with Crippen molar-refractivity contribution in [1.29, 1.82) is 0 Å². The van der Waals surface area contributed by atoms with Crippen molar-refractivity contribution in [3.05, 3.63) is 0 Å². The number of aliphatic hydroxyl groups is 1. The molecule has 0 aliphatic heterocycles. The Bertz CT molecular complexity index is 148. The number of rotatable bonds is 4. The molecule has 0 fully saturated rings. The van der Waals surface area contributed by atoms with Gasteiger partial charge in [-0.3, -0.25) is 0 Å². The lowest BCUT2D eigenvalue weighted by Crippen LogP contribution is -2.18. The van der Waals surface area contributed by atoms with Gasteiger partial charge in [-0.1, -0.05) is 48.0 Å². The van der Waals surface area contributed by atoms with Crippen molar-refractivity contribution in [3.63, 3.8) is 0 Å². The Morgan fingerprint density at radius 3 is 1.79 bits per heavy atom. The monoisotopic (exact) mass is 200 g/mol. The summed E-state index contributed by atoms with van der Waals surface area (Å²) in [5.74, 6) is 0. The fraction of sp³-hybridized carbons (Fsp3) is 1.00. The maximum atomic E-state index is 9.78. The van der Waals surface area contributed by atoms with Gasteiger partial charge in [0.05, 0.1) is 6.10 Å². The van der Waals surface area contributed by atoms with E-state index in [4.69, 9.17) is 0 Å². The first-order valence-electron chi connectivity index (χ1n) is 5.78. The molecule has 0 aromatic heterocycles. The van der Waals surface area contributed by atoms with Gasteiger partial charge in [0, 0.05) is 0 Å². The molecule has 0 aromatic carbocycles. The van der Waals surface area contributed by atoms with Gasteiger partial charge in [-0.05, 0) is 30.1 Å². The van der Waals surface area contributed by atoms with Crippen LogP contribution in [0.3, 0.4) is 0 Å². The van der Waals surface area contributed by atoms with Gasteiger partial charge in [-0.25, -0.2) is 0 Å². The summed E-state index contributed by atoms with van der Waals surface area (Å²) >= 11 is 0. The largest absolute Gasteiger partial charge is 0.393 e. The Balaban J connectivity index is 3.60. The van der Waals surface area contributed by atoms with Crippen LogP contribution in [0.15, 0.2) is 0 Å². The van der Waals surface area contributed by atoms with Gasteiger partial charge >= 0.3 is 0 Å². The molecule has 1 N–H and O–H groups in total. The Morgan fingerprint density at radius 1 is 0.929 bits per heavy atom. The highest BCUT2D eigenvalue weighted by Crippen LogP contribution is 2.26. The molecule has 0 radical (unpaired) electrons. The van der Waals surface area contributed by atoms with E-state index in [1.807, 2.05) is 0 Å². The Morgan fingerprint density at radius 2 is 1.43 bits per heavy atom. The highest BCUT2D eigenvalue weighted by molar-refractivity contribution is 4.69. The molecule has 0 aliphatic carbocycles. The average Bonchev–Trinajstić information content (AvgIpc) is 1.78. The standard InChI is InChI=1S/C13H28O/c1-12(2,3)9-7-8-11(14)10-13(4,5)6/h11,14H,7-10H2,1-6H3. The zero-order valence-electron chi connectivity index (χ0n) is 10.9. The van der Waals surface area contributed by atoms with E-state index in [0.29, 0.717) is 5.41 Å². The molecule has 0 saturated heterocycles. The number of hydrogen-bond acceptors (Lipinski definition) is 1. The van der Waals surface area contributed by atoms with Gasteiger partial charge in [0.2, 0.25) is 0 Å². The summed E-state index contributed by atoms with van der Waals surface area (Å²) in [6.45, 7) is 13.3. The minimum absolute atomic E-state index is 0.114. The Labute approximate surface area is 89.9 Å². The molecule has 0 spiro atoms. The van der Waals surface area contributed by atoms with Crippen molar-refractivity contribution >= 4 is 0 Å². The smallest absolute Gasteiger partial charge is 0.0545 e. The van der Waals surface area contributed by atoms with Crippen molar-refractivity contribution < 1.29 is 5.11 Å². The summed E-state index contributed by atoms with van der Waals surface area (Å²) in [5.41, 5.74) is 0.655. The van der Waals surface area contributed by atoms with Crippen LogP contribution in [0.25, 0.3) is 0 Å². The van der Waals surface area contributed by atoms with Crippen molar-refractivity contribution in [3.8, 4) is 0 Å². The first kappa shape index (κ1) is 14.0. The molecular weight excluding hydrogens is 172 g/mol. The van der Waals surface area contributed by atoms with Crippen LogP contribution in [0.2, 0.25) is 0 Å². The molecule has 1 atom stereocenters. The molecular formula is C13H28O. The van der Waals surface area contributed by atoms with E-state index in [1.54, 1.807) is 0 Å². The van der Waals surface area contributed by atoms with Crippen molar-refractivity contribution in [2.45, 2.75) is 73.3 Å². The third kappa shape index (κ3) is 10.0. The fourth-order valence-electron chi connectivity index (χ4n) is 1.68. The van der Waals surface area contributed by atoms with Crippen molar-refractivity contribution in [2.24, 2.45) is 10.8 Å². The summed E-state index contributed by atoms with van der Waals surface area (Å²) in [6.07, 6.45) is 4.10. The van der Waals surface area contributed by atoms with E-state index in [1.165, 1.54) is 6.42 Å². The molecule has 0 saturated carbocycles. The highest BCUT2D eigenvalue weighted by atomic mass is 16.3. The zero-order chi connectivity index (χ0) is 11.4. The summed E-state index contributed by atoms with van der Waals surface area (Å²) in [5, 5.41) is 9.78. The lowest BCUT2D eigenvalue weighted by atomic mass is 9.85. The quantitative estimate of drug-likeness (QED) is 0.727. The van der Waals surface area contributed by atoms with Gasteiger partial charge in [0.25, 0.3) is 0 Å². The molecule has 0 aromatic rings. The molecule has 0 aliphatic rings. The summed E-state index contributed by atoms with van der Waals surface area (Å²) in [7, 11) is 0. The lowest BCUT2D eigenvalue weighted by molar-refractivity contribution is 0.107. The predicted molar refractivity (Wildman–Crippen MR) is 63.4 cm³/mol. The minimum Gasteiger partial charge on any atom is -0.393 e. The molecule has 1 nitrogen and oxygen atoms in total. The van der Waals surface area contributed by atoms with Gasteiger partial charge in [-0.2, -0.15) is 0 Å². The van der Waals surface area contributed by atoms with Crippen LogP contribution in [0.1, 0.15) is 67.2 Å². The maximum absolute atomic E-state index is 9.78. The first-order chi connectivity index (χ1) is 6.10. The third-order valence-corrected chi connectivity index (χ3v) is 2.31. The normalized spacial score (nSPS) is 15.6. The van der Waals surface area contributed by atoms with Crippen LogP contribution in [0, 0.1) is 10.8 Å². The van der Waals surface area contributed by atoms with Gasteiger partial charge in [0.1, 0.15) is 0 Å². The Kier molecular flexibility index (Phi) is 5.14. The molecule has 14 heavy (non-hydrogen) atoms. The maximum Gasteiger partial charge on any atom is 0.0545 e. The van der Waals surface area contributed by atoms with Crippen molar-refractivity contribution in [2.75, 3.05) is 0 Å². The van der Waals surface area contributed by atoms with Gasteiger partial charge in [-0.15, -0.1) is 0 Å². The highest BCUT2D eigenvalue weighted by Gasteiger charge is 2.17. The third-order valence-electron chi connectivity index (χ3n) is 2.31. The average molecular weight is 200 g/mol. The van der Waals surface area contributed by atoms with E-state index in [0.717, 1.165) is 19.3 Å². The van der Waals surface area contributed by atoms with E-state index < -0.39 is 0 Å². The fourth-order valence-corrected chi connectivity index (χ4v) is 1.68. The van der Waals surface area contributed by atoms with Crippen LogP contribution in [-0.4, -0.2) is 11.2 Å². The second kappa shape index (κ2) is 5.16. The lowest BCUT2D eigenvalue weighted by Gasteiger charge is -2.23. The van der Waals surface area contributed by atoms with Gasteiger partial charge < -0.3 is 5.11 Å². The Hall–Kier alpha value is -0.0400. The minimum atomic E-state index is -0.114. The molecule has 0 rings (SSSR count). The van der Waals surface area contributed by atoms with Crippen LogP contribution >= 0.6 is 0 Å². The molecule has 0 bridgehead atoms. The summed E-state index contributed by atoms with van der Waals surface area (Å²) < 4.78 is 0.